The molecular weight excluding hydrogens is 426 g/mol. The van der Waals surface area contributed by atoms with Gasteiger partial charge in [0.2, 0.25) is 10.0 Å². The summed E-state index contributed by atoms with van der Waals surface area (Å²) in [6.45, 7) is 0.571. The molecule has 3 aromatic carbocycles. The predicted molar refractivity (Wildman–Crippen MR) is 117 cm³/mol. The fourth-order valence-corrected chi connectivity index (χ4v) is 4.41. The maximum atomic E-state index is 12.3. The first-order chi connectivity index (χ1) is 14.2. The van der Waals surface area contributed by atoms with Crippen LogP contribution in [-0.4, -0.2) is 32.4 Å². The molecule has 0 amide bonds. The zero-order valence-corrected chi connectivity index (χ0v) is 17.5. The number of carboxylic acid groups (broad SMARTS) is 1. The van der Waals surface area contributed by atoms with Gasteiger partial charge in [0.05, 0.1) is 24.1 Å². The van der Waals surface area contributed by atoms with Crippen LogP contribution in [0.1, 0.15) is 15.9 Å². The molecule has 3 aromatic rings. The van der Waals surface area contributed by atoms with Gasteiger partial charge in [-0.25, -0.2) is 13.2 Å². The highest BCUT2D eigenvalue weighted by atomic mass is 35.5. The lowest BCUT2D eigenvalue weighted by Crippen LogP contribution is -2.14. The van der Waals surface area contributed by atoms with E-state index in [2.05, 4.69) is 4.72 Å². The first-order valence-electron chi connectivity index (χ1n) is 9.13. The molecule has 1 heterocycles. The molecule has 4 rings (SSSR count). The summed E-state index contributed by atoms with van der Waals surface area (Å²) < 4.78 is 31.6. The lowest BCUT2D eigenvalue weighted by Gasteiger charge is -2.18. The second kappa shape index (κ2) is 7.66. The minimum absolute atomic E-state index is 0.00234. The Labute approximate surface area is 179 Å². The van der Waals surface area contributed by atoms with Crippen LogP contribution < -0.4 is 9.46 Å². The number of sulfonamides is 1. The Morgan fingerprint density at radius 1 is 1.10 bits per heavy atom. The Balaban J connectivity index is 2.04. The van der Waals surface area contributed by atoms with E-state index < -0.39 is 16.0 Å². The molecule has 0 fully saturated rings. The van der Waals surface area contributed by atoms with Gasteiger partial charge in [0.25, 0.3) is 0 Å². The molecule has 6 nitrogen and oxygen atoms in total. The van der Waals surface area contributed by atoms with Crippen molar-refractivity contribution < 1.29 is 23.1 Å². The molecule has 2 N–H and O–H groups in total. The molecular formula is C22H18ClNO5S. The fraction of sp³-hybridized carbons (Fsp3) is 0.136. The third kappa shape index (κ3) is 3.99. The zero-order chi connectivity index (χ0) is 21.5. The third-order valence-corrected chi connectivity index (χ3v) is 5.65. The van der Waals surface area contributed by atoms with Gasteiger partial charge in [-0.2, -0.15) is 0 Å². The number of aromatic carboxylic acids is 1. The van der Waals surface area contributed by atoms with Gasteiger partial charge in [-0.1, -0.05) is 35.9 Å². The molecule has 0 aromatic heterocycles. The number of fused-ring (bicyclic) bond motifs is 1. The number of rotatable bonds is 5. The Morgan fingerprint density at radius 3 is 2.60 bits per heavy atom. The number of nitrogens with one attached hydrogen (secondary N) is 1. The second-order valence-electron chi connectivity index (χ2n) is 7.02. The van der Waals surface area contributed by atoms with E-state index in [0.717, 1.165) is 29.6 Å². The van der Waals surface area contributed by atoms with Crippen molar-refractivity contribution in [1.82, 2.24) is 0 Å². The molecule has 30 heavy (non-hydrogen) atoms. The molecule has 0 radical (unpaired) electrons. The number of ether oxygens (including phenoxy) is 1. The number of halogens is 1. The van der Waals surface area contributed by atoms with Crippen molar-refractivity contribution in [2.45, 2.75) is 6.42 Å². The van der Waals surface area contributed by atoms with E-state index in [1.165, 1.54) is 6.07 Å². The average Bonchev–Trinajstić information content (AvgIpc) is 3.14. The molecule has 0 saturated heterocycles. The highest BCUT2D eigenvalue weighted by Gasteiger charge is 2.24. The fourth-order valence-electron chi connectivity index (χ4n) is 3.65. The average molecular weight is 444 g/mol. The van der Waals surface area contributed by atoms with Crippen LogP contribution in [0.3, 0.4) is 0 Å². The number of hydrogen-bond acceptors (Lipinski definition) is 4. The van der Waals surface area contributed by atoms with Crippen molar-refractivity contribution in [3.8, 4) is 28.0 Å². The maximum absolute atomic E-state index is 12.3. The molecule has 0 atom stereocenters. The minimum atomic E-state index is -3.68. The van der Waals surface area contributed by atoms with Crippen LogP contribution in [0.25, 0.3) is 22.3 Å². The number of carboxylic acids is 1. The molecule has 0 aliphatic carbocycles. The van der Waals surface area contributed by atoms with Gasteiger partial charge in [-0.3, -0.25) is 4.72 Å². The quantitative estimate of drug-likeness (QED) is 0.597. The standard InChI is InChI=1S/C22H18ClNO5S/c1-30(27,28)24-18-7-6-17(13-3-2-4-16(23)12-13)20(21(18)22(25)26)15-5-8-19-14(11-15)9-10-29-19/h2-8,11-12,24H,9-10H2,1H3,(H,25,26). The normalized spacial score (nSPS) is 12.9. The summed E-state index contributed by atoms with van der Waals surface area (Å²) in [5, 5.41) is 10.5. The van der Waals surface area contributed by atoms with Crippen LogP contribution in [0.5, 0.6) is 5.75 Å². The molecule has 154 valence electrons. The van der Waals surface area contributed by atoms with Crippen molar-refractivity contribution in [2.24, 2.45) is 0 Å². The van der Waals surface area contributed by atoms with Gasteiger partial charge in [0.1, 0.15) is 5.75 Å². The second-order valence-corrected chi connectivity index (χ2v) is 9.21. The van der Waals surface area contributed by atoms with Crippen LogP contribution in [-0.2, 0) is 16.4 Å². The third-order valence-electron chi connectivity index (χ3n) is 4.83. The smallest absolute Gasteiger partial charge is 0.338 e. The largest absolute Gasteiger partial charge is 0.493 e. The van der Waals surface area contributed by atoms with E-state index in [0.29, 0.717) is 28.3 Å². The van der Waals surface area contributed by atoms with Crippen LogP contribution in [0.2, 0.25) is 5.02 Å². The number of anilines is 1. The molecule has 1 aliphatic heterocycles. The minimum Gasteiger partial charge on any atom is -0.493 e. The van der Waals surface area contributed by atoms with E-state index >= 15 is 0 Å². The summed E-state index contributed by atoms with van der Waals surface area (Å²) in [7, 11) is -3.68. The molecule has 0 saturated carbocycles. The van der Waals surface area contributed by atoms with Crippen molar-refractivity contribution in [1.29, 1.82) is 0 Å². The first kappa shape index (κ1) is 20.3. The summed E-state index contributed by atoms with van der Waals surface area (Å²) in [5.74, 6) is -0.470. The Morgan fingerprint density at radius 2 is 1.90 bits per heavy atom. The summed E-state index contributed by atoms with van der Waals surface area (Å²) in [4.78, 5) is 12.3. The topological polar surface area (TPSA) is 92.7 Å². The van der Waals surface area contributed by atoms with E-state index in [9.17, 15) is 18.3 Å². The maximum Gasteiger partial charge on any atom is 0.338 e. The highest BCUT2D eigenvalue weighted by molar-refractivity contribution is 7.92. The number of benzene rings is 3. The van der Waals surface area contributed by atoms with Gasteiger partial charge >= 0.3 is 5.97 Å². The first-order valence-corrected chi connectivity index (χ1v) is 11.4. The van der Waals surface area contributed by atoms with Gasteiger partial charge in [0, 0.05) is 17.0 Å². The highest BCUT2D eigenvalue weighted by Crippen LogP contribution is 2.41. The van der Waals surface area contributed by atoms with E-state index in [1.807, 2.05) is 18.2 Å². The Bertz CT molecular complexity index is 1270. The van der Waals surface area contributed by atoms with Crippen LogP contribution in [0.15, 0.2) is 54.6 Å². The zero-order valence-electron chi connectivity index (χ0n) is 16.0. The van der Waals surface area contributed by atoms with E-state index in [1.54, 1.807) is 30.3 Å². The van der Waals surface area contributed by atoms with Crippen molar-refractivity contribution in [3.05, 3.63) is 70.7 Å². The summed E-state index contributed by atoms with van der Waals surface area (Å²) >= 11 is 6.17. The van der Waals surface area contributed by atoms with Crippen LogP contribution in [0, 0.1) is 0 Å². The van der Waals surface area contributed by atoms with E-state index in [-0.39, 0.29) is 11.3 Å². The van der Waals surface area contributed by atoms with Gasteiger partial charge in [-0.15, -0.1) is 0 Å². The Kier molecular flexibility index (Phi) is 5.17. The van der Waals surface area contributed by atoms with Crippen LogP contribution in [0.4, 0.5) is 5.69 Å². The number of carbonyl (C=O) groups is 1. The van der Waals surface area contributed by atoms with E-state index in [4.69, 9.17) is 16.3 Å². The lowest BCUT2D eigenvalue weighted by molar-refractivity contribution is 0.0699. The molecule has 0 unspecified atom stereocenters. The van der Waals surface area contributed by atoms with Crippen molar-refractivity contribution in [2.75, 3.05) is 17.6 Å². The predicted octanol–water partition coefficient (Wildman–Crippen LogP) is 4.68. The molecule has 0 spiro atoms. The van der Waals surface area contributed by atoms with Gasteiger partial charge in [-0.05, 0) is 52.6 Å². The van der Waals surface area contributed by atoms with Crippen LogP contribution >= 0.6 is 11.6 Å². The summed E-state index contributed by atoms with van der Waals surface area (Å²) in [5.41, 5.74) is 3.27. The van der Waals surface area contributed by atoms with Gasteiger partial charge < -0.3 is 9.84 Å². The molecule has 1 aliphatic rings. The number of hydrogen-bond donors (Lipinski definition) is 2. The van der Waals surface area contributed by atoms with Crippen molar-refractivity contribution in [3.63, 3.8) is 0 Å². The molecule has 0 bridgehead atoms. The SMILES string of the molecule is CS(=O)(=O)Nc1ccc(-c2cccc(Cl)c2)c(-c2ccc3c(c2)CCO3)c1C(=O)O. The Hall–Kier alpha value is -3.03. The summed E-state index contributed by atoms with van der Waals surface area (Å²) in [6.07, 6.45) is 1.70. The summed E-state index contributed by atoms with van der Waals surface area (Å²) in [6, 6.07) is 15.7. The monoisotopic (exact) mass is 443 g/mol. The lowest BCUT2D eigenvalue weighted by atomic mass is 9.88. The molecule has 8 heteroatoms. The van der Waals surface area contributed by atoms with Crippen molar-refractivity contribution >= 4 is 33.3 Å². The van der Waals surface area contributed by atoms with Gasteiger partial charge in [0.15, 0.2) is 0 Å².